The molecule has 0 spiro atoms. The summed E-state index contributed by atoms with van der Waals surface area (Å²) in [7, 11) is 1.64. The van der Waals surface area contributed by atoms with E-state index in [-0.39, 0.29) is 5.43 Å². The third-order valence-corrected chi connectivity index (χ3v) is 6.40. The molecule has 4 nitrogen and oxygen atoms in total. The summed E-state index contributed by atoms with van der Waals surface area (Å²) in [5.41, 5.74) is 3.68. The Bertz CT molecular complexity index is 914. The number of likely N-dealkylation sites (tertiary alicyclic amines) is 1. The maximum Gasteiger partial charge on any atom is 0.194 e. The highest BCUT2D eigenvalue weighted by Gasteiger charge is 2.49. The van der Waals surface area contributed by atoms with E-state index in [4.69, 9.17) is 4.74 Å². The molecule has 2 aliphatic rings. The molecule has 4 heteroatoms. The Morgan fingerprint density at radius 3 is 2.77 bits per heavy atom. The zero-order valence-electron chi connectivity index (χ0n) is 16.6. The van der Waals surface area contributed by atoms with Gasteiger partial charge in [0.25, 0.3) is 0 Å². The van der Waals surface area contributed by atoms with Crippen molar-refractivity contribution in [1.82, 2.24) is 9.88 Å². The van der Waals surface area contributed by atoms with Crippen LogP contribution in [0, 0.1) is 17.8 Å². The number of H-pyrrole nitrogens is 1. The van der Waals surface area contributed by atoms with Gasteiger partial charge in [0.05, 0.1) is 7.11 Å². The highest BCUT2D eigenvalue weighted by Crippen LogP contribution is 2.52. The highest BCUT2D eigenvalue weighted by molar-refractivity contribution is 5.81. The van der Waals surface area contributed by atoms with Crippen molar-refractivity contribution in [2.24, 2.45) is 10.8 Å². The number of aromatic amines is 1. The molecule has 0 amide bonds. The van der Waals surface area contributed by atoms with E-state index in [1.807, 2.05) is 25.1 Å². The van der Waals surface area contributed by atoms with Crippen LogP contribution in [0.1, 0.15) is 51.3 Å². The first-order valence-corrected chi connectivity index (χ1v) is 9.63. The van der Waals surface area contributed by atoms with Gasteiger partial charge in [0, 0.05) is 41.3 Å². The summed E-state index contributed by atoms with van der Waals surface area (Å²) in [5, 5.41) is 0.721. The number of aryl methyl sites for hydroxylation is 1. The van der Waals surface area contributed by atoms with Crippen LogP contribution in [0.2, 0.25) is 0 Å². The van der Waals surface area contributed by atoms with Crippen LogP contribution >= 0.6 is 0 Å². The summed E-state index contributed by atoms with van der Waals surface area (Å²) in [6.45, 7) is 11.1. The van der Waals surface area contributed by atoms with Crippen molar-refractivity contribution in [2.75, 3.05) is 13.7 Å². The van der Waals surface area contributed by atoms with Crippen LogP contribution < -0.4 is 10.2 Å². The molecule has 1 aliphatic carbocycles. The fourth-order valence-electron chi connectivity index (χ4n) is 5.71. The van der Waals surface area contributed by atoms with Crippen LogP contribution in [-0.2, 0) is 6.54 Å². The predicted molar refractivity (Wildman–Crippen MR) is 106 cm³/mol. The summed E-state index contributed by atoms with van der Waals surface area (Å²) >= 11 is 0. The first kappa shape index (κ1) is 17.6. The number of rotatable bonds is 3. The Kier molecular flexibility index (Phi) is 3.96. The van der Waals surface area contributed by atoms with Gasteiger partial charge in [-0.1, -0.05) is 20.8 Å². The lowest BCUT2D eigenvalue weighted by Crippen LogP contribution is -2.35. The lowest BCUT2D eigenvalue weighted by atomic mass is 9.65. The quantitative estimate of drug-likeness (QED) is 0.896. The molecule has 2 bridgehead atoms. The van der Waals surface area contributed by atoms with Crippen LogP contribution in [0.5, 0.6) is 5.75 Å². The molecule has 0 radical (unpaired) electrons. The molecule has 2 atom stereocenters. The number of aromatic nitrogens is 1. The number of hydrogen-bond donors (Lipinski definition) is 1. The van der Waals surface area contributed by atoms with Crippen LogP contribution in [0.4, 0.5) is 0 Å². The molecule has 1 saturated carbocycles. The molecule has 1 saturated heterocycles. The minimum Gasteiger partial charge on any atom is -0.497 e. The van der Waals surface area contributed by atoms with Gasteiger partial charge in [0.2, 0.25) is 0 Å². The summed E-state index contributed by atoms with van der Waals surface area (Å²) in [6.07, 6.45) is 3.76. The molecule has 1 aliphatic heterocycles. The van der Waals surface area contributed by atoms with E-state index in [1.54, 1.807) is 7.11 Å². The molecule has 2 aromatic rings. The number of pyridine rings is 1. The number of nitrogens with zero attached hydrogens (tertiary/aromatic N) is 1. The van der Waals surface area contributed by atoms with Gasteiger partial charge < -0.3 is 9.72 Å². The zero-order valence-corrected chi connectivity index (χ0v) is 16.6. The Hall–Kier alpha value is -1.81. The molecule has 26 heavy (non-hydrogen) atoms. The maximum atomic E-state index is 13.2. The summed E-state index contributed by atoms with van der Waals surface area (Å²) in [6, 6.07) is 6.26. The second-order valence-electron chi connectivity index (χ2n) is 9.59. The van der Waals surface area contributed by atoms with E-state index in [2.05, 4.69) is 30.7 Å². The van der Waals surface area contributed by atoms with Crippen molar-refractivity contribution in [2.45, 2.75) is 59.5 Å². The monoisotopic (exact) mass is 354 g/mol. The SMILES string of the molecule is COc1ccc2[nH]c(C)c(CN3CC4(C)CC3CC(C)(C)C4)c(=O)c2c1. The summed E-state index contributed by atoms with van der Waals surface area (Å²) in [4.78, 5) is 19.2. The van der Waals surface area contributed by atoms with Gasteiger partial charge in [0.1, 0.15) is 5.75 Å². The molecule has 2 unspecified atom stereocenters. The number of benzene rings is 1. The fraction of sp³-hybridized carbons (Fsp3) is 0.591. The van der Waals surface area contributed by atoms with Crippen molar-refractivity contribution in [1.29, 1.82) is 0 Å². The molecular formula is C22H30N2O2. The van der Waals surface area contributed by atoms with Gasteiger partial charge in [-0.15, -0.1) is 0 Å². The van der Waals surface area contributed by atoms with E-state index < -0.39 is 0 Å². The van der Waals surface area contributed by atoms with Gasteiger partial charge in [-0.3, -0.25) is 9.69 Å². The van der Waals surface area contributed by atoms with Crippen LogP contribution in [-0.4, -0.2) is 29.6 Å². The molecule has 1 aromatic heterocycles. The number of nitrogens with one attached hydrogen (secondary N) is 1. The zero-order chi connectivity index (χ0) is 18.7. The van der Waals surface area contributed by atoms with E-state index in [0.717, 1.165) is 41.0 Å². The number of methoxy groups -OCH3 is 1. The Labute approximate surface area is 155 Å². The average molecular weight is 354 g/mol. The van der Waals surface area contributed by atoms with Crippen molar-refractivity contribution in [3.05, 3.63) is 39.7 Å². The Balaban J connectivity index is 1.71. The van der Waals surface area contributed by atoms with Gasteiger partial charge in [-0.25, -0.2) is 0 Å². The number of ether oxygens (including phenoxy) is 1. The van der Waals surface area contributed by atoms with Crippen molar-refractivity contribution < 1.29 is 4.74 Å². The third kappa shape index (κ3) is 2.94. The van der Waals surface area contributed by atoms with Crippen LogP contribution in [0.15, 0.2) is 23.0 Å². The largest absolute Gasteiger partial charge is 0.497 e. The van der Waals surface area contributed by atoms with E-state index in [9.17, 15) is 4.79 Å². The van der Waals surface area contributed by atoms with Gasteiger partial charge in [-0.05, 0) is 55.2 Å². The summed E-state index contributed by atoms with van der Waals surface area (Å²) in [5.74, 6) is 0.726. The minimum absolute atomic E-state index is 0.140. The standard InChI is InChI=1S/C22H30N2O2/c1-14-18(20(25)17-8-16(26-5)6-7-19(17)23-14)11-24-13-22(4)10-15(24)9-21(2,3)12-22/h6-8,15H,9-13H2,1-5H3,(H,23,25). The summed E-state index contributed by atoms with van der Waals surface area (Å²) < 4.78 is 5.31. The Morgan fingerprint density at radius 2 is 2.04 bits per heavy atom. The van der Waals surface area contributed by atoms with Crippen LogP contribution in [0.25, 0.3) is 10.9 Å². The van der Waals surface area contributed by atoms with Gasteiger partial charge >= 0.3 is 0 Å². The van der Waals surface area contributed by atoms with E-state index in [0.29, 0.717) is 16.9 Å². The molecule has 140 valence electrons. The number of hydrogen-bond acceptors (Lipinski definition) is 3. The minimum atomic E-state index is 0.140. The van der Waals surface area contributed by atoms with Gasteiger partial charge in [0.15, 0.2) is 5.43 Å². The van der Waals surface area contributed by atoms with E-state index >= 15 is 0 Å². The molecule has 1 aromatic carbocycles. The second kappa shape index (κ2) is 5.85. The maximum absolute atomic E-state index is 13.2. The van der Waals surface area contributed by atoms with Crippen molar-refractivity contribution >= 4 is 10.9 Å². The Morgan fingerprint density at radius 1 is 1.27 bits per heavy atom. The normalized spacial score (nSPS) is 27.8. The smallest absolute Gasteiger partial charge is 0.194 e. The molecular weight excluding hydrogens is 324 g/mol. The molecule has 4 rings (SSSR count). The van der Waals surface area contributed by atoms with Crippen molar-refractivity contribution in [3.8, 4) is 5.75 Å². The molecule has 1 N–H and O–H groups in total. The second-order valence-corrected chi connectivity index (χ2v) is 9.59. The van der Waals surface area contributed by atoms with Crippen LogP contribution in [0.3, 0.4) is 0 Å². The van der Waals surface area contributed by atoms with E-state index in [1.165, 1.54) is 19.3 Å². The topological polar surface area (TPSA) is 45.3 Å². The molecule has 2 heterocycles. The first-order valence-electron chi connectivity index (χ1n) is 9.63. The van der Waals surface area contributed by atoms with Crippen molar-refractivity contribution in [3.63, 3.8) is 0 Å². The first-order chi connectivity index (χ1) is 12.2. The lowest BCUT2D eigenvalue weighted by Gasteiger charge is -2.40. The number of fused-ring (bicyclic) bond motifs is 3. The van der Waals surface area contributed by atoms with Gasteiger partial charge in [-0.2, -0.15) is 0 Å². The fourth-order valence-corrected chi connectivity index (χ4v) is 5.71. The molecule has 2 fully saturated rings. The highest BCUT2D eigenvalue weighted by atomic mass is 16.5. The third-order valence-electron chi connectivity index (χ3n) is 6.40. The lowest BCUT2D eigenvalue weighted by molar-refractivity contribution is 0.126. The average Bonchev–Trinajstić information content (AvgIpc) is 2.79. The predicted octanol–water partition coefficient (Wildman–Crippen LogP) is 4.25.